The second-order valence-electron chi connectivity index (χ2n) is 5.83. The van der Waals surface area contributed by atoms with Crippen molar-refractivity contribution in [3.05, 3.63) is 0 Å². The van der Waals surface area contributed by atoms with Crippen LogP contribution in [0.25, 0.3) is 0 Å². The van der Waals surface area contributed by atoms with Crippen molar-refractivity contribution in [3.63, 3.8) is 0 Å². The number of hydrogen-bond acceptors (Lipinski definition) is 2. The predicted octanol–water partition coefficient (Wildman–Crippen LogP) is 2.59. The van der Waals surface area contributed by atoms with E-state index in [1.165, 1.54) is 6.42 Å². The Morgan fingerprint density at radius 3 is 2.19 bits per heavy atom. The second-order valence-corrected chi connectivity index (χ2v) is 5.83. The summed E-state index contributed by atoms with van der Waals surface area (Å²) in [5, 5.41) is 0. The Kier molecular flexibility index (Phi) is 4.36. The van der Waals surface area contributed by atoms with Gasteiger partial charge in [0, 0.05) is 12.1 Å². The second kappa shape index (κ2) is 5.17. The minimum Gasteiger partial charge on any atom is -0.366 e. The van der Waals surface area contributed by atoms with Gasteiger partial charge in [0.15, 0.2) is 0 Å². The third-order valence-electron chi connectivity index (χ3n) is 3.11. The molecule has 3 nitrogen and oxygen atoms in total. The van der Waals surface area contributed by atoms with Gasteiger partial charge in [-0.2, -0.15) is 0 Å². The van der Waals surface area contributed by atoms with Crippen LogP contribution in [-0.4, -0.2) is 35.1 Å². The first kappa shape index (κ1) is 13.5. The van der Waals surface area contributed by atoms with Crippen LogP contribution >= 0.6 is 0 Å². The number of carbonyl (C=O) groups is 1. The summed E-state index contributed by atoms with van der Waals surface area (Å²) in [5.74, 6) is 0.134. The van der Waals surface area contributed by atoms with Gasteiger partial charge in [-0.15, -0.1) is 0 Å². The third kappa shape index (κ3) is 3.78. The molecule has 1 rings (SSSR count). The number of rotatable bonds is 2. The molecule has 0 aromatic carbocycles. The Hall–Kier alpha value is -0.570. The fourth-order valence-corrected chi connectivity index (χ4v) is 2.27. The van der Waals surface area contributed by atoms with E-state index in [4.69, 9.17) is 4.74 Å². The van der Waals surface area contributed by atoms with Crippen LogP contribution in [0.2, 0.25) is 0 Å². The standard InChI is InChI=1S/C13H25NO2/c1-10-7-6-8-11(2)14(10)12(15)9-16-13(3,4)5/h10-11H,6-9H2,1-5H3/t10-,11+. The highest BCUT2D eigenvalue weighted by Gasteiger charge is 2.29. The van der Waals surface area contributed by atoms with Crippen LogP contribution in [0.5, 0.6) is 0 Å². The molecule has 0 aromatic heterocycles. The van der Waals surface area contributed by atoms with Crippen LogP contribution in [0.15, 0.2) is 0 Å². The number of carbonyl (C=O) groups excluding carboxylic acids is 1. The number of ether oxygens (including phenoxy) is 1. The van der Waals surface area contributed by atoms with E-state index in [1.807, 2.05) is 25.7 Å². The van der Waals surface area contributed by atoms with Gasteiger partial charge < -0.3 is 9.64 Å². The lowest BCUT2D eigenvalue weighted by Gasteiger charge is -2.39. The molecule has 1 aliphatic rings. The fourth-order valence-electron chi connectivity index (χ4n) is 2.27. The van der Waals surface area contributed by atoms with Gasteiger partial charge in [0.25, 0.3) is 0 Å². The molecule has 1 aliphatic heterocycles. The summed E-state index contributed by atoms with van der Waals surface area (Å²) in [6.45, 7) is 10.4. The summed E-state index contributed by atoms with van der Waals surface area (Å²) in [4.78, 5) is 14.1. The molecule has 16 heavy (non-hydrogen) atoms. The lowest BCUT2D eigenvalue weighted by molar-refractivity contribution is -0.147. The number of amides is 1. The Bertz CT molecular complexity index is 235. The van der Waals surface area contributed by atoms with Crippen molar-refractivity contribution in [2.45, 2.75) is 71.6 Å². The summed E-state index contributed by atoms with van der Waals surface area (Å²) >= 11 is 0. The highest BCUT2D eigenvalue weighted by Crippen LogP contribution is 2.22. The maximum absolute atomic E-state index is 12.1. The van der Waals surface area contributed by atoms with Crippen molar-refractivity contribution in [2.75, 3.05) is 6.61 Å². The Morgan fingerprint density at radius 2 is 1.75 bits per heavy atom. The summed E-state index contributed by atoms with van der Waals surface area (Å²) < 4.78 is 5.55. The molecule has 0 aliphatic carbocycles. The largest absolute Gasteiger partial charge is 0.366 e. The number of hydrogen-bond donors (Lipinski definition) is 0. The van der Waals surface area contributed by atoms with Crippen LogP contribution in [0.4, 0.5) is 0 Å². The van der Waals surface area contributed by atoms with Crippen molar-refractivity contribution in [1.29, 1.82) is 0 Å². The highest BCUT2D eigenvalue weighted by atomic mass is 16.5. The number of piperidine rings is 1. The van der Waals surface area contributed by atoms with Gasteiger partial charge in [0.2, 0.25) is 5.91 Å². The molecule has 0 unspecified atom stereocenters. The molecular formula is C13H25NO2. The van der Waals surface area contributed by atoms with E-state index in [0.29, 0.717) is 12.1 Å². The zero-order valence-corrected chi connectivity index (χ0v) is 11.2. The van der Waals surface area contributed by atoms with E-state index in [-0.39, 0.29) is 18.1 Å². The van der Waals surface area contributed by atoms with E-state index >= 15 is 0 Å². The van der Waals surface area contributed by atoms with Crippen LogP contribution in [0.3, 0.4) is 0 Å². The van der Waals surface area contributed by atoms with E-state index < -0.39 is 0 Å². The van der Waals surface area contributed by atoms with E-state index in [2.05, 4.69) is 13.8 Å². The molecule has 0 spiro atoms. The topological polar surface area (TPSA) is 29.5 Å². The van der Waals surface area contributed by atoms with Gasteiger partial charge in [-0.25, -0.2) is 0 Å². The first-order chi connectivity index (χ1) is 7.31. The van der Waals surface area contributed by atoms with Gasteiger partial charge in [-0.3, -0.25) is 4.79 Å². The predicted molar refractivity (Wildman–Crippen MR) is 65.3 cm³/mol. The van der Waals surface area contributed by atoms with Crippen LogP contribution in [0.1, 0.15) is 53.9 Å². The smallest absolute Gasteiger partial charge is 0.249 e. The quantitative estimate of drug-likeness (QED) is 0.725. The molecule has 94 valence electrons. The molecule has 1 heterocycles. The lowest BCUT2D eigenvalue weighted by Crippen LogP contribution is -2.49. The monoisotopic (exact) mass is 227 g/mol. The molecule has 1 amide bonds. The molecule has 0 bridgehead atoms. The Labute approximate surface area is 99.1 Å². The van der Waals surface area contributed by atoms with Gasteiger partial charge in [-0.1, -0.05) is 0 Å². The first-order valence-electron chi connectivity index (χ1n) is 6.26. The molecular weight excluding hydrogens is 202 g/mol. The first-order valence-corrected chi connectivity index (χ1v) is 6.26. The average Bonchev–Trinajstić information content (AvgIpc) is 2.13. The van der Waals surface area contributed by atoms with Gasteiger partial charge >= 0.3 is 0 Å². The molecule has 2 atom stereocenters. The normalized spacial score (nSPS) is 26.9. The molecule has 1 saturated heterocycles. The van der Waals surface area contributed by atoms with Crippen LogP contribution in [-0.2, 0) is 9.53 Å². The van der Waals surface area contributed by atoms with Crippen LogP contribution in [0, 0.1) is 0 Å². The average molecular weight is 227 g/mol. The van der Waals surface area contributed by atoms with E-state index in [0.717, 1.165) is 12.8 Å². The zero-order chi connectivity index (χ0) is 12.3. The number of nitrogens with zero attached hydrogens (tertiary/aromatic N) is 1. The minimum absolute atomic E-state index is 0.134. The van der Waals surface area contributed by atoms with Crippen molar-refractivity contribution in [1.82, 2.24) is 4.90 Å². The Balaban J connectivity index is 2.51. The molecule has 3 heteroatoms. The van der Waals surface area contributed by atoms with Gasteiger partial charge in [0.05, 0.1) is 5.60 Å². The lowest BCUT2D eigenvalue weighted by atomic mass is 9.97. The van der Waals surface area contributed by atoms with E-state index in [9.17, 15) is 4.79 Å². The van der Waals surface area contributed by atoms with Crippen molar-refractivity contribution < 1.29 is 9.53 Å². The third-order valence-corrected chi connectivity index (χ3v) is 3.11. The minimum atomic E-state index is -0.238. The Morgan fingerprint density at radius 1 is 1.25 bits per heavy atom. The van der Waals surface area contributed by atoms with Gasteiger partial charge in [-0.05, 0) is 53.9 Å². The molecule has 0 aromatic rings. The zero-order valence-electron chi connectivity index (χ0n) is 11.2. The molecule has 0 saturated carbocycles. The van der Waals surface area contributed by atoms with Crippen LogP contribution < -0.4 is 0 Å². The van der Waals surface area contributed by atoms with Gasteiger partial charge in [0.1, 0.15) is 6.61 Å². The fraction of sp³-hybridized carbons (Fsp3) is 0.923. The van der Waals surface area contributed by atoms with Crippen molar-refractivity contribution in [2.24, 2.45) is 0 Å². The number of likely N-dealkylation sites (tertiary alicyclic amines) is 1. The molecule has 0 radical (unpaired) electrons. The summed E-state index contributed by atoms with van der Waals surface area (Å²) in [5.41, 5.74) is -0.238. The highest BCUT2D eigenvalue weighted by molar-refractivity contribution is 5.78. The maximum atomic E-state index is 12.1. The maximum Gasteiger partial charge on any atom is 0.249 e. The molecule has 1 fully saturated rings. The molecule has 0 N–H and O–H groups in total. The van der Waals surface area contributed by atoms with Crippen molar-refractivity contribution >= 4 is 5.91 Å². The summed E-state index contributed by atoms with van der Waals surface area (Å²) in [6, 6.07) is 0.722. The van der Waals surface area contributed by atoms with Crippen molar-refractivity contribution in [3.8, 4) is 0 Å². The van der Waals surface area contributed by atoms with E-state index in [1.54, 1.807) is 0 Å². The summed E-state index contributed by atoms with van der Waals surface area (Å²) in [7, 11) is 0. The SMILES string of the molecule is C[C@@H]1CCC[C@H](C)N1C(=O)COC(C)(C)C. The summed E-state index contributed by atoms with van der Waals surface area (Å²) in [6.07, 6.45) is 3.46.